The lowest BCUT2D eigenvalue weighted by atomic mass is 10.2. The first-order valence-corrected chi connectivity index (χ1v) is 5.16. The van der Waals surface area contributed by atoms with Crippen molar-refractivity contribution in [3.05, 3.63) is 0 Å². The topological polar surface area (TPSA) is 59.6 Å². The van der Waals surface area contributed by atoms with Gasteiger partial charge in [-0.3, -0.25) is 9.63 Å². The Morgan fingerprint density at radius 3 is 2.60 bits per heavy atom. The van der Waals surface area contributed by atoms with E-state index in [-0.39, 0.29) is 23.7 Å². The maximum absolute atomic E-state index is 11.6. The molecule has 5 nitrogen and oxygen atoms in total. The molecule has 2 N–H and O–H groups in total. The maximum Gasteiger partial charge on any atom is 0.260 e. The molecule has 0 bridgehead atoms. The summed E-state index contributed by atoms with van der Waals surface area (Å²) >= 11 is 0. The van der Waals surface area contributed by atoms with Gasteiger partial charge in [-0.05, 0) is 27.2 Å². The van der Waals surface area contributed by atoms with E-state index in [0.717, 1.165) is 0 Å². The number of hydrogen-bond donors (Lipinski definition) is 2. The Balaban J connectivity index is 2.30. The molecule has 0 spiro atoms. The van der Waals surface area contributed by atoms with Crippen LogP contribution in [0.1, 0.15) is 27.2 Å². The van der Waals surface area contributed by atoms with Gasteiger partial charge in [-0.15, -0.1) is 0 Å². The van der Waals surface area contributed by atoms with Gasteiger partial charge in [-0.1, -0.05) is 0 Å². The number of carbonyl (C=O) groups is 1. The van der Waals surface area contributed by atoms with Crippen molar-refractivity contribution in [2.45, 2.75) is 44.9 Å². The zero-order chi connectivity index (χ0) is 11.5. The van der Waals surface area contributed by atoms with E-state index in [1.54, 1.807) is 7.11 Å². The molecule has 1 fully saturated rings. The highest BCUT2D eigenvalue weighted by Crippen LogP contribution is 2.10. The first-order valence-electron chi connectivity index (χ1n) is 5.16. The number of carbonyl (C=O) groups excluding carboxylic acids is 1. The molecule has 88 valence electrons. The summed E-state index contributed by atoms with van der Waals surface area (Å²) in [6.45, 7) is 6.36. The molecule has 1 heterocycles. The fraction of sp³-hybridized carbons (Fsp3) is 0.900. The van der Waals surface area contributed by atoms with Gasteiger partial charge in [0.1, 0.15) is 0 Å². The van der Waals surface area contributed by atoms with Crippen LogP contribution in [0.3, 0.4) is 0 Å². The van der Waals surface area contributed by atoms with Crippen LogP contribution >= 0.6 is 0 Å². The van der Waals surface area contributed by atoms with Crippen molar-refractivity contribution < 1.29 is 14.4 Å². The summed E-state index contributed by atoms with van der Waals surface area (Å²) in [4.78, 5) is 16.8. The molecule has 0 aromatic heterocycles. The van der Waals surface area contributed by atoms with Crippen LogP contribution in [0.15, 0.2) is 0 Å². The predicted molar refractivity (Wildman–Crippen MR) is 56.2 cm³/mol. The summed E-state index contributed by atoms with van der Waals surface area (Å²) < 4.78 is 5.15. The number of ether oxygens (including phenoxy) is 1. The van der Waals surface area contributed by atoms with Crippen LogP contribution in [0.4, 0.5) is 0 Å². The van der Waals surface area contributed by atoms with E-state index in [1.807, 2.05) is 20.8 Å². The van der Waals surface area contributed by atoms with E-state index in [1.165, 1.54) is 0 Å². The summed E-state index contributed by atoms with van der Waals surface area (Å²) in [5.41, 5.74) is 2.09. The third-order valence-corrected chi connectivity index (χ3v) is 2.20. The molecule has 1 aliphatic rings. The van der Waals surface area contributed by atoms with Crippen LogP contribution in [-0.2, 0) is 14.4 Å². The molecule has 0 aromatic carbocycles. The number of methoxy groups -OCH3 is 1. The molecule has 2 atom stereocenters. The van der Waals surface area contributed by atoms with Gasteiger partial charge in [-0.25, -0.2) is 5.48 Å². The largest absolute Gasteiger partial charge is 0.380 e. The highest BCUT2D eigenvalue weighted by molar-refractivity contribution is 5.81. The molecule has 1 rings (SSSR count). The first kappa shape index (κ1) is 12.4. The molecular weight excluding hydrogens is 196 g/mol. The molecule has 5 heteroatoms. The Hall–Kier alpha value is -0.650. The van der Waals surface area contributed by atoms with Crippen molar-refractivity contribution in [1.82, 2.24) is 10.8 Å². The van der Waals surface area contributed by atoms with Gasteiger partial charge in [0, 0.05) is 13.7 Å². The monoisotopic (exact) mass is 216 g/mol. The Morgan fingerprint density at radius 1 is 1.47 bits per heavy atom. The second kappa shape index (κ2) is 4.92. The van der Waals surface area contributed by atoms with Crippen LogP contribution in [0, 0.1) is 0 Å². The van der Waals surface area contributed by atoms with E-state index >= 15 is 0 Å². The summed E-state index contributed by atoms with van der Waals surface area (Å²) in [5.74, 6) is -0.135. The van der Waals surface area contributed by atoms with Crippen molar-refractivity contribution in [2.24, 2.45) is 0 Å². The van der Waals surface area contributed by atoms with Crippen LogP contribution < -0.4 is 10.8 Å². The van der Waals surface area contributed by atoms with Crippen LogP contribution in [0.25, 0.3) is 0 Å². The van der Waals surface area contributed by atoms with Crippen molar-refractivity contribution in [1.29, 1.82) is 0 Å². The van der Waals surface area contributed by atoms with E-state index in [9.17, 15) is 4.79 Å². The molecule has 0 aliphatic carbocycles. The second-order valence-electron chi connectivity index (χ2n) is 4.73. The lowest BCUT2D eigenvalue weighted by Gasteiger charge is -2.20. The third kappa shape index (κ3) is 4.15. The molecule has 2 unspecified atom stereocenters. The van der Waals surface area contributed by atoms with Crippen LogP contribution in [-0.4, -0.2) is 37.3 Å². The number of amides is 1. The van der Waals surface area contributed by atoms with Gasteiger partial charge in [-0.2, -0.15) is 0 Å². The Bertz CT molecular complexity index is 225. The van der Waals surface area contributed by atoms with Gasteiger partial charge in [0.05, 0.1) is 17.7 Å². The molecule has 15 heavy (non-hydrogen) atoms. The highest BCUT2D eigenvalue weighted by atomic mass is 16.7. The van der Waals surface area contributed by atoms with Crippen molar-refractivity contribution in [3.63, 3.8) is 0 Å². The highest BCUT2D eigenvalue weighted by Gasteiger charge is 2.30. The van der Waals surface area contributed by atoms with E-state index in [4.69, 9.17) is 9.57 Å². The van der Waals surface area contributed by atoms with Gasteiger partial charge in [0.15, 0.2) is 0 Å². The number of rotatable bonds is 3. The second-order valence-corrected chi connectivity index (χ2v) is 4.73. The summed E-state index contributed by atoms with van der Waals surface area (Å²) in [6, 6.07) is -0.211. The molecule has 1 amide bonds. The van der Waals surface area contributed by atoms with Crippen molar-refractivity contribution in [3.8, 4) is 0 Å². The maximum atomic E-state index is 11.6. The summed E-state index contributed by atoms with van der Waals surface area (Å²) in [5, 5.41) is 3.08. The van der Waals surface area contributed by atoms with E-state index < -0.39 is 0 Å². The van der Waals surface area contributed by atoms with Crippen molar-refractivity contribution in [2.75, 3.05) is 13.7 Å². The first-order chi connectivity index (χ1) is 6.92. The zero-order valence-corrected chi connectivity index (χ0v) is 9.79. The fourth-order valence-corrected chi connectivity index (χ4v) is 1.36. The van der Waals surface area contributed by atoms with Crippen LogP contribution in [0.5, 0.6) is 0 Å². The van der Waals surface area contributed by atoms with Gasteiger partial charge >= 0.3 is 0 Å². The lowest BCUT2D eigenvalue weighted by molar-refractivity contribution is -0.147. The predicted octanol–water partition coefficient (Wildman–Crippen LogP) is 0.210. The molecular formula is C10H20N2O3. The SMILES string of the molecule is COC1CNC(C(=O)NOC(C)(C)C)C1. The van der Waals surface area contributed by atoms with Crippen molar-refractivity contribution >= 4 is 5.91 Å². The molecule has 1 saturated heterocycles. The third-order valence-electron chi connectivity index (χ3n) is 2.20. The standard InChI is InChI=1S/C10H20N2O3/c1-10(2,3)15-12-9(13)8-5-7(14-4)6-11-8/h7-8,11H,5-6H2,1-4H3,(H,12,13). The average Bonchev–Trinajstić information content (AvgIpc) is 2.61. The number of hydrogen-bond acceptors (Lipinski definition) is 4. The molecule has 1 aliphatic heterocycles. The fourth-order valence-electron chi connectivity index (χ4n) is 1.36. The van der Waals surface area contributed by atoms with E-state index in [0.29, 0.717) is 13.0 Å². The minimum atomic E-state index is -0.366. The Kier molecular flexibility index (Phi) is 4.07. The molecule has 0 aromatic rings. The van der Waals surface area contributed by atoms with Crippen LogP contribution in [0.2, 0.25) is 0 Å². The lowest BCUT2D eigenvalue weighted by Crippen LogP contribution is -2.43. The number of hydroxylamine groups is 1. The van der Waals surface area contributed by atoms with Gasteiger partial charge < -0.3 is 10.1 Å². The summed E-state index contributed by atoms with van der Waals surface area (Å²) in [7, 11) is 1.65. The molecule has 0 radical (unpaired) electrons. The quantitative estimate of drug-likeness (QED) is 0.662. The normalized spacial score (nSPS) is 26.7. The molecule has 0 saturated carbocycles. The van der Waals surface area contributed by atoms with Gasteiger partial charge in [0.25, 0.3) is 5.91 Å². The smallest absolute Gasteiger partial charge is 0.260 e. The Labute approximate surface area is 90.5 Å². The average molecular weight is 216 g/mol. The number of nitrogens with one attached hydrogen (secondary N) is 2. The summed E-state index contributed by atoms with van der Waals surface area (Å²) in [6.07, 6.45) is 0.811. The Morgan fingerprint density at radius 2 is 2.13 bits per heavy atom. The minimum absolute atomic E-state index is 0.121. The minimum Gasteiger partial charge on any atom is -0.380 e. The van der Waals surface area contributed by atoms with E-state index in [2.05, 4.69) is 10.8 Å². The van der Waals surface area contributed by atoms with Gasteiger partial charge in [0.2, 0.25) is 0 Å². The zero-order valence-electron chi connectivity index (χ0n) is 9.79.